The lowest BCUT2D eigenvalue weighted by Crippen LogP contribution is -2.60. The number of esters is 1. The first-order valence-corrected chi connectivity index (χ1v) is 13.7. The zero-order valence-corrected chi connectivity index (χ0v) is 22.2. The molecule has 9 unspecified atom stereocenters. The quantitative estimate of drug-likeness (QED) is 0.354. The van der Waals surface area contributed by atoms with Gasteiger partial charge in [-0.3, -0.25) is 4.79 Å². The van der Waals surface area contributed by atoms with E-state index < -0.39 is 5.60 Å². The Hall–Kier alpha value is -1.09. The molecule has 3 fully saturated rings. The molecule has 0 bridgehead atoms. The summed E-state index contributed by atoms with van der Waals surface area (Å²) in [5, 5.41) is 11.8. The molecule has 4 rings (SSSR count). The molecule has 3 heteroatoms. The van der Waals surface area contributed by atoms with E-state index in [9.17, 15) is 9.90 Å². The monoisotopic (exact) mass is 456 g/mol. The predicted molar refractivity (Wildman–Crippen MR) is 135 cm³/mol. The summed E-state index contributed by atoms with van der Waals surface area (Å²) in [6.07, 6.45) is 15.5. The van der Waals surface area contributed by atoms with Crippen LogP contribution in [-0.2, 0) is 9.53 Å². The molecule has 0 aromatic carbocycles. The Bertz CT molecular complexity index is 811. The Kier molecular flexibility index (Phi) is 6.71. The van der Waals surface area contributed by atoms with E-state index >= 15 is 0 Å². The van der Waals surface area contributed by atoms with Crippen molar-refractivity contribution in [1.29, 1.82) is 0 Å². The van der Waals surface area contributed by atoms with Gasteiger partial charge in [0.05, 0.1) is 5.60 Å². The predicted octanol–water partition coefficient (Wildman–Crippen LogP) is 7.10. The number of hydrogen-bond acceptors (Lipinski definition) is 3. The molecule has 0 aromatic rings. The first kappa shape index (κ1) is 25.0. The van der Waals surface area contributed by atoms with Crippen LogP contribution in [0.1, 0.15) is 99.8 Å². The molecule has 0 amide bonds. The van der Waals surface area contributed by atoms with Crippen molar-refractivity contribution in [3.8, 4) is 0 Å². The summed E-state index contributed by atoms with van der Waals surface area (Å²) >= 11 is 0. The number of carbonyl (C=O) groups is 1. The standard InChI is InChI=1S/C30H48O3/c1-19(2)20(3)8-9-21(4)25-10-11-26-24-13-17-30(32)18-23(33-22(5)31)12-16-29(30,7)27(24)14-15-28(25,26)6/h8-9,13,19-21,23,25-27,32H,10-12,14-18H2,1-7H3. The van der Waals surface area contributed by atoms with Gasteiger partial charge in [0.1, 0.15) is 6.10 Å². The molecule has 186 valence electrons. The molecule has 3 saturated carbocycles. The van der Waals surface area contributed by atoms with E-state index in [1.807, 2.05) is 0 Å². The van der Waals surface area contributed by atoms with Gasteiger partial charge in [-0.1, -0.05) is 65.3 Å². The summed E-state index contributed by atoms with van der Waals surface area (Å²) in [6.45, 7) is 15.8. The summed E-state index contributed by atoms with van der Waals surface area (Å²) in [6, 6.07) is 0. The Morgan fingerprint density at radius 3 is 2.45 bits per heavy atom. The van der Waals surface area contributed by atoms with Crippen molar-refractivity contribution in [1.82, 2.24) is 0 Å². The molecule has 33 heavy (non-hydrogen) atoms. The number of carbonyl (C=O) groups excluding carboxylic acids is 1. The number of fused-ring (bicyclic) bond motifs is 5. The lowest BCUT2D eigenvalue weighted by Gasteiger charge is -2.61. The molecule has 3 nitrogen and oxygen atoms in total. The smallest absolute Gasteiger partial charge is 0.302 e. The molecule has 0 spiro atoms. The van der Waals surface area contributed by atoms with Gasteiger partial charge in [-0.2, -0.15) is 0 Å². The average molecular weight is 457 g/mol. The van der Waals surface area contributed by atoms with Crippen molar-refractivity contribution in [2.75, 3.05) is 0 Å². The number of allylic oxidation sites excluding steroid dienone is 3. The van der Waals surface area contributed by atoms with E-state index in [4.69, 9.17) is 4.74 Å². The Morgan fingerprint density at radius 1 is 1.06 bits per heavy atom. The summed E-state index contributed by atoms with van der Waals surface area (Å²) in [4.78, 5) is 11.5. The van der Waals surface area contributed by atoms with Crippen LogP contribution in [-0.4, -0.2) is 22.8 Å². The molecule has 0 aromatic heterocycles. The van der Waals surface area contributed by atoms with Crippen LogP contribution >= 0.6 is 0 Å². The van der Waals surface area contributed by atoms with Crippen LogP contribution in [0.4, 0.5) is 0 Å². The Labute approximate surface area is 202 Å². The first-order valence-electron chi connectivity index (χ1n) is 13.7. The minimum absolute atomic E-state index is 0.106. The van der Waals surface area contributed by atoms with E-state index in [1.165, 1.54) is 32.6 Å². The first-order chi connectivity index (χ1) is 15.4. The highest BCUT2D eigenvalue weighted by Gasteiger charge is 2.62. The Balaban J connectivity index is 1.55. The zero-order valence-electron chi connectivity index (χ0n) is 22.2. The molecule has 0 heterocycles. The fourth-order valence-electron chi connectivity index (χ4n) is 8.42. The molecule has 9 atom stereocenters. The second-order valence-corrected chi connectivity index (χ2v) is 13.0. The van der Waals surface area contributed by atoms with E-state index in [-0.39, 0.29) is 17.5 Å². The topological polar surface area (TPSA) is 46.5 Å². The second-order valence-electron chi connectivity index (χ2n) is 13.0. The van der Waals surface area contributed by atoms with Crippen molar-refractivity contribution in [3.05, 3.63) is 23.8 Å². The van der Waals surface area contributed by atoms with Crippen LogP contribution in [0.2, 0.25) is 0 Å². The van der Waals surface area contributed by atoms with Gasteiger partial charge in [-0.25, -0.2) is 0 Å². The van der Waals surface area contributed by atoms with Crippen molar-refractivity contribution in [3.63, 3.8) is 0 Å². The molecule has 1 N–H and O–H groups in total. The third-order valence-electron chi connectivity index (χ3n) is 11.0. The van der Waals surface area contributed by atoms with Gasteiger partial charge in [-0.05, 0) is 85.9 Å². The molecule has 4 aliphatic carbocycles. The van der Waals surface area contributed by atoms with Gasteiger partial charge >= 0.3 is 5.97 Å². The summed E-state index contributed by atoms with van der Waals surface area (Å²) < 4.78 is 5.54. The number of rotatable bonds is 5. The molecular formula is C30H48O3. The van der Waals surface area contributed by atoms with Crippen molar-refractivity contribution in [2.45, 2.75) is 112 Å². The average Bonchev–Trinajstić information content (AvgIpc) is 3.09. The van der Waals surface area contributed by atoms with E-state index in [1.54, 1.807) is 5.57 Å². The van der Waals surface area contributed by atoms with Crippen LogP contribution < -0.4 is 0 Å². The van der Waals surface area contributed by atoms with Gasteiger partial charge in [0.15, 0.2) is 0 Å². The maximum Gasteiger partial charge on any atom is 0.302 e. The van der Waals surface area contributed by atoms with Crippen LogP contribution in [0, 0.1) is 46.3 Å². The van der Waals surface area contributed by atoms with Gasteiger partial charge in [0, 0.05) is 18.8 Å². The molecule has 0 saturated heterocycles. The highest BCUT2D eigenvalue weighted by molar-refractivity contribution is 5.66. The lowest BCUT2D eigenvalue weighted by atomic mass is 9.46. The molecule has 0 radical (unpaired) electrons. The van der Waals surface area contributed by atoms with Gasteiger partial charge in [0.2, 0.25) is 0 Å². The minimum atomic E-state index is -0.756. The zero-order chi connectivity index (χ0) is 24.2. The minimum Gasteiger partial charge on any atom is -0.462 e. The SMILES string of the molecule is CC(=O)OC1CCC2(C)C3CCC4(C)C(CCC4C(C)C=CC(C)C(C)C)C3=CCC2(O)C1. The van der Waals surface area contributed by atoms with Gasteiger partial charge in [0.25, 0.3) is 0 Å². The molecule has 4 aliphatic rings. The molecule has 0 aliphatic heterocycles. The summed E-state index contributed by atoms with van der Waals surface area (Å²) in [5.74, 6) is 3.59. The van der Waals surface area contributed by atoms with Crippen LogP contribution in [0.5, 0.6) is 0 Å². The van der Waals surface area contributed by atoms with Gasteiger partial charge < -0.3 is 9.84 Å². The number of hydrogen-bond donors (Lipinski definition) is 1. The third kappa shape index (κ3) is 4.15. The fraction of sp³-hybridized carbons (Fsp3) is 0.833. The normalized spacial score (nSPS) is 44.6. The summed E-state index contributed by atoms with van der Waals surface area (Å²) in [7, 11) is 0. The van der Waals surface area contributed by atoms with Crippen molar-refractivity contribution in [2.24, 2.45) is 46.3 Å². The highest BCUT2D eigenvalue weighted by atomic mass is 16.5. The Morgan fingerprint density at radius 2 is 1.79 bits per heavy atom. The third-order valence-corrected chi connectivity index (χ3v) is 11.0. The maximum absolute atomic E-state index is 11.8. The largest absolute Gasteiger partial charge is 0.462 e. The van der Waals surface area contributed by atoms with Crippen LogP contribution in [0.25, 0.3) is 0 Å². The maximum atomic E-state index is 11.8. The van der Waals surface area contributed by atoms with E-state index in [2.05, 4.69) is 59.8 Å². The molecular weight excluding hydrogens is 408 g/mol. The van der Waals surface area contributed by atoms with E-state index in [0.717, 1.165) is 18.8 Å². The van der Waals surface area contributed by atoms with Crippen molar-refractivity contribution < 1.29 is 14.6 Å². The summed E-state index contributed by atoms with van der Waals surface area (Å²) in [5.41, 5.74) is 1.17. The lowest BCUT2D eigenvalue weighted by molar-refractivity contribution is -0.183. The van der Waals surface area contributed by atoms with E-state index in [0.29, 0.717) is 47.8 Å². The van der Waals surface area contributed by atoms with Crippen molar-refractivity contribution >= 4 is 5.97 Å². The van der Waals surface area contributed by atoms with Crippen LogP contribution in [0.15, 0.2) is 23.8 Å². The second kappa shape index (κ2) is 8.85. The van der Waals surface area contributed by atoms with Crippen LogP contribution in [0.3, 0.4) is 0 Å². The van der Waals surface area contributed by atoms with Gasteiger partial charge in [-0.15, -0.1) is 0 Å². The number of ether oxygens (including phenoxy) is 1. The highest BCUT2D eigenvalue weighted by Crippen LogP contribution is 2.67. The number of aliphatic hydroxyl groups is 1. The fourth-order valence-corrected chi connectivity index (χ4v) is 8.42.